The van der Waals surface area contributed by atoms with Crippen molar-refractivity contribution < 1.29 is 13.7 Å². The first-order chi connectivity index (χ1) is 6.45. The van der Waals surface area contributed by atoms with Crippen LogP contribution in [-0.4, -0.2) is 9.91 Å². The molecule has 1 heterocycles. The van der Waals surface area contributed by atoms with Crippen molar-refractivity contribution in [1.29, 1.82) is 0 Å². The van der Waals surface area contributed by atoms with Crippen molar-refractivity contribution in [3.8, 4) is 0 Å². The van der Waals surface area contributed by atoms with Gasteiger partial charge in [-0.3, -0.25) is 14.9 Å². The fraction of sp³-hybridized carbons (Fsp3) is 0.167. The molecule has 0 unspecified atom stereocenters. The van der Waals surface area contributed by atoms with Crippen LogP contribution in [0.4, 0.5) is 14.5 Å². The van der Waals surface area contributed by atoms with Crippen LogP contribution < -0.4 is 5.43 Å². The number of hydrogen-bond donors (Lipinski definition) is 1. The van der Waals surface area contributed by atoms with Crippen LogP contribution in [0.15, 0.2) is 11.0 Å². The molecule has 1 aromatic rings. The summed E-state index contributed by atoms with van der Waals surface area (Å²) in [5, 5.41) is 10.2. The molecule has 1 rings (SSSR count). The van der Waals surface area contributed by atoms with Gasteiger partial charge in [0.15, 0.2) is 0 Å². The number of halogens is 3. The van der Waals surface area contributed by atoms with Crippen LogP contribution in [0.1, 0.15) is 12.1 Å². The number of alkyl halides is 2. The predicted molar refractivity (Wildman–Crippen MR) is 51.4 cm³/mol. The molecule has 1 N–H and O–H groups in total. The highest BCUT2D eigenvalue weighted by Crippen LogP contribution is 2.21. The second kappa shape index (κ2) is 3.98. The molecule has 0 radical (unpaired) electrons. The molecular weight excluding hydrogens is 313 g/mol. The van der Waals surface area contributed by atoms with Gasteiger partial charge in [0, 0.05) is 0 Å². The number of rotatable bonds is 2. The van der Waals surface area contributed by atoms with E-state index in [0.717, 1.165) is 0 Å². The van der Waals surface area contributed by atoms with E-state index in [1.807, 2.05) is 4.98 Å². The van der Waals surface area contributed by atoms with Crippen LogP contribution in [0.2, 0.25) is 0 Å². The molecule has 0 aliphatic rings. The second-order valence-corrected chi connectivity index (χ2v) is 3.37. The Morgan fingerprint density at radius 3 is 2.57 bits per heavy atom. The Bertz CT molecular complexity index is 432. The van der Waals surface area contributed by atoms with E-state index in [1.165, 1.54) is 22.6 Å². The van der Waals surface area contributed by atoms with Gasteiger partial charge >= 0.3 is 5.69 Å². The number of H-pyrrole nitrogens is 1. The van der Waals surface area contributed by atoms with Crippen molar-refractivity contribution in [3.05, 3.63) is 35.8 Å². The maximum absolute atomic E-state index is 12.2. The fourth-order valence-electron chi connectivity index (χ4n) is 0.804. The lowest BCUT2D eigenvalue weighted by atomic mass is 10.3. The summed E-state index contributed by atoms with van der Waals surface area (Å²) in [6.07, 6.45) is -2.18. The Hall–Kier alpha value is -1.06. The zero-order valence-corrected chi connectivity index (χ0v) is 8.62. The van der Waals surface area contributed by atoms with Crippen LogP contribution in [0, 0.1) is 13.7 Å². The second-order valence-electron chi connectivity index (χ2n) is 2.29. The summed E-state index contributed by atoms with van der Waals surface area (Å²) in [5.41, 5.74) is -2.33. The van der Waals surface area contributed by atoms with E-state index in [1.54, 1.807) is 0 Å². The number of pyridine rings is 1. The predicted octanol–water partition coefficient (Wildman–Crippen LogP) is 1.83. The number of aromatic nitrogens is 1. The summed E-state index contributed by atoms with van der Waals surface area (Å²) >= 11 is 1.35. The molecule has 8 heteroatoms. The number of nitrogens with zero attached hydrogens (tertiary/aromatic N) is 1. The molecule has 0 aliphatic heterocycles. The van der Waals surface area contributed by atoms with Crippen molar-refractivity contribution in [2.45, 2.75) is 6.43 Å². The summed E-state index contributed by atoms with van der Waals surface area (Å²) < 4.78 is 24.0. The Kier molecular flexibility index (Phi) is 3.13. The topological polar surface area (TPSA) is 76.0 Å². The van der Waals surface area contributed by atoms with Crippen molar-refractivity contribution in [3.63, 3.8) is 0 Å². The van der Waals surface area contributed by atoms with E-state index < -0.39 is 28.2 Å². The van der Waals surface area contributed by atoms with E-state index in [-0.39, 0.29) is 3.57 Å². The maximum Gasteiger partial charge on any atom is 0.333 e. The number of nitro groups is 1. The first kappa shape index (κ1) is 11.0. The van der Waals surface area contributed by atoms with Gasteiger partial charge in [-0.25, -0.2) is 8.78 Å². The van der Waals surface area contributed by atoms with Gasteiger partial charge in [0.1, 0.15) is 0 Å². The van der Waals surface area contributed by atoms with E-state index in [2.05, 4.69) is 0 Å². The third-order valence-electron chi connectivity index (χ3n) is 1.45. The fourth-order valence-corrected chi connectivity index (χ4v) is 1.47. The summed E-state index contributed by atoms with van der Waals surface area (Å²) in [6.45, 7) is 0. The molecule has 0 saturated carbocycles. The van der Waals surface area contributed by atoms with Gasteiger partial charge in [-0.1, -0.05) is 0 Å². The minimum absolute atomic E-state index is 0.355. The van der Waals surface area contributed by atoms with Crippen LogP contribution in [0.25, 0.3) is 0 Å². The zero-order valence-electron chi connectivity index (χ0n) is 6.46. The molecule has 76 valence electrons. The van der Waals surface area contributed by atoms with Crippen LogP contribution >= 0.6 is 22.6 Å². The largest absolute Gasteiger partial charge is 0.354 e. The van der Waals surface area contributed by atoms with Gasteiger partial charge < -0.3 is 4.98 Å². The summed E-state index contributed by atoms with van der Waals surface area (Å²) in [4.78, 5) is 22.5. The minimum atomic E-state index is -2.85. The van der Waals surface area contributed by atoms with Gasteiger partial charge in [0.2, 0.25) is 0 Å². The van der Waals surface area contributed by atoms with Crippen LogP contribution in [0.5, 0.6) is 0 Å². The quantitative estimate of drug-likeness (QED) is 0.514. The van der Waals surface area contributed by atoms with Crippen molar-refractivity contribution >= 4 is 28.3 Å². The Morgan fingerprint density at radius 1 is 1.57 bits per heavy atom. The highest BCUT2D eigenvalue weighted by Gasteiger charge is 2.21. The standard InChI is InChI=1S/C6H3F2IN2O3/c7-6(8)4-3(9)5(12)2(1-10-4)11(13)14/h1,6H,(H,10,12). The molecule has 5 nitrogen and oxygen atoms in total. The lowest BCUT2D eigenvalue weighted by molar-refractivity contribution is -0.386. The number of aromatic amines is 1. The highest BCUT2D eigenvalue weighted by atomic mass is 127. The molecule has 0 fully saturated rings. The summed E-state index contributed by atoms with van der Waals surface area (Å²) in [5.74, 6) is 0. The summed E-state index contributed by atoms with van der Waals surface area (Å²) in [6, 6.07) is 0. The molecule has 0 atom stereocenters. The van der Waals surface area contributed by atoms with Crippen molar-refractivity contribution in [2.75, 3.05) is 0 Å². The molecule has 14 heavy (non-hydrogen) atoms. The minimum Gasteiger partial charge on any atom is -0.354 e. The maximum atomic E-state index is 12.2. The Labute approximate surface area is 89.4 Å². The molecule has 0 saturated heterocycles. The molecule has 0 aromatic carbocycles. The lowest BCUT2D eigenvalue weighted by Gasteiger charge is -2.01. The number of nitrogens with one attached hydrogen (secondary N) is 1. The van der Waals surface area contributed by atoms with Crippen LogP contribution in [0.3, 0.4) is 0 Å². The molecular formula is C6H3F2IN2O3. The first-order valence-electron chi connectivity index (χ1n) is 3.28. The Morgan fingerprint density at radius 2 is 2.14 bits per heavy atom. The third kappa shape index (κ3) is 1.89. The van der Waals surface area contributed by atoms with Gasteiger partial charge in [-0.15, -0.1) is 0 Å². The molecule has 1 aromatic heterocycles. The number of hydrogen-bond acceptors (Lipinski definition) is 3. The smallest absolute Gasteiger partial charge is 0.333 e. The van der Waals surface area contributed by atoms with Crippen molar-refractivity contribution in [1.82, 2.24) is 4.98 Å². The van der Waals surface area contributed by atoms with Gasteiger partial charge in [0.25, 0.3) is 11.9 Å². The van der Waals surface area contributed by atoms with E-state index in [4.69, 9.17) is 0 Å². The molecule has 0 amide bonds. The first-order valence-corrected chi connectivity index (χ1v) is 4.36. The SMILES string of the molecule is O=c1c([N+](=O)[O-])c[nH]c(C(F)F)c1I. The average molecular weight is 316 g/mol. The summed E-state index contributed by atoms with van der Waals surface area (Å²) in [7, 11) is 0. The van der Waals surface area contributed by atoms with E-state index in [9.17, 15) is 23.7 Å². The zero-order chi connectivity index (χ0) is 10.9. The molecule has 0 aliphatic carbocycles. The lowest BCUT2D eigenvalue weighted by Crippen LogP contribution is -2.15. The monoisotopic (exact) mass is 316 g/mol. The Balaban J connectivity index is 3.42. The van der Waals surface area contributed by atoms with Gasteiger partial charge in [-0.2, -0.15) is 0 Å². The van der Waals surface area contributed by atoms with Crippen molar-refractivity contribution in [2.24, 2.45) is 0 Å². The van der Waals surface area contributed by atoms with Gasteiger partial charge in [0.05, 0.1) is 20.4 Å². The van der Waals surface area contributed by atoms with Gasteiger partial charge in [-0.05, 0) is 22.6 Å². The van der Waals surface area contributed by atoms with E-state index >= 15 is 0 Å². The molecule has 0 spiro atoms. The highest BCUT2D eigenvalue weighted by molar-refractivity contribution is 14.1. The molecule has 0 bridgehead atoms. The van der Waals surface area contributed by atoms with Crippen LogP contribution in [-0.2, 0) is 0 Å². The van der Waals surface area contributed by atoms with E-state index in [0.29, 0.717) is 6.20 Å². The third-order valence-corrected chi connectivity index (χ3v) is 2.52. The average Bonchev–Trinajstić information content (AvgIpc) is 2.08. The normalized spacial score (nSPS) is 10.6.